The largest absolute Gasteiger partial charge is 0.387 e. The topological polar surface area (TPSA) is 61.0 Å². The number of aromatic amines is 1. The van der Waals surface area contributed by atoms with Crippen molar-refractivity contribution in [2.45, 2.75) is 26.2 Å². The first kappa shape index (κ1) is 16.4. The third-order valence-electron chi connectivity index (χ3n) is 3.76. The van der Waals surface area contributed by atoms with Gasteiger partial charge >= 0.3 is 0 Å². The standard InChI is InChI=1S/C16H23FN4O/c1-4-7-21(3)8-5-6-13-15-12(16(22)20-19-13)9-11(17)10-14(15)18-2/h9-10,18H,4-8H2,1-3H3,(H,20,22). The van der Waals surface area contributed by atoms with Gasteiger partial charge in [0.15, 0.2) is 0 Å². The Labute approximate surface area is 129 Å². The molecule has 1 aromatic carbocycles. The second-order valence-corrected chi connectivity index (χ2v) is 5.53. The van der Waals surface area contributed by atoms with Crippen LogP contribution in [0.3, 0.4) is 0 Å². The molecule has 1 aromatic heterocycles. The van der Waals surface area contributed by atoms with Gasteiger partial charge in [0.05, 0.1) is 11.1 Å². The summed E-state index contributed by atoms with van der Waals surface area (Å²) < 4.78 is 13.6. The van der Waals surface area contributed by atoms with Gasteiger partial charge in [-0.1, -0.05) is 6.92 Å². The van der Waals surface area contributed by atoms with Crippen molar-refractivity contribution in [3.63, 3.8) is 0 Å². The lowest BCUT2D eigenvalue weighted by molar-refractivity contribution is 0.330. The Morgan fingerprint density at radius 2 is 2.14 bits per heavy atom. The maximum atomic E-state index is 13.6. The summed E-state index contributed by atoms with van der Waals surface area (Å²) in [6.45, 7) is 4.18. The maximum Gasteiger partial charge on any atom is 0.272 e. The van der Waals surface area contributed by atoms with Crippen molar-refractivity contribution >= 4 is 16.5 Å². The Kier molecular flexibility index (Phi) is 5.49. The molecule has 0 aliphatic rings. The molecule has 0 atom stereocenters. The third-order valence-corrected chi connectivity index (χ3v) is 3.76. The van der Waals surface area contributed by atoms with E-state index < -0.39 is 5.82 Å². The first-order valence-corrected chi connectivity index (χ1v) is 7.64. The molecule has 0 aliphatic carbocycles. The van der Waals surface area contributed by atoms with Crippen molar-refractivity contribution in [3.8, 4) is 0 Å². The molecule has 120 valence electrons. The molecule has 0 saturated heterocycles. The number of halogens is 1. The van der Waals surface area contributed by atoms with Gasteiger partial charge in [0, 0.05) is 18.1 Å². The summed E-state index contributed by atoms with van der Waals surface area (Å²) in [5.41, 5.74) is 1.03. The number of anilines is 1. The quantitative estimate of drug-likeness (QED) is 0.824. The summed E-state index contributed by atoms with van der Waals surface area (Å²) in [4.78, 5) is 14.2. The predicted molar refractivity (Wildman–Crippen MR) is 88.0 cm³/mol. The van der Waals surface area contributed by atoms with Gasteiger partial charge in [0.25, 0.3) is 5.56 Å². The van der Waals surface area contributed by atoms with Crippen LogP contribution in [0.5, 0.6) is 0 Å². The van der Waals surface area contributed by atoms with Crippen molar-refractivity contribution in [2.24, 2.45) is 0 Å². The molecule has 1 heterocycles. The van der Waals surface area contributed by atoms with E-state index in [9.17, 15) is 9.18 Å². The van der Waals surface area contributed by atoms with Crippen LogP contribution in [0.4, 0.5) is 10.1 Å². The molecular weight excluding hydrogens is 283 g/mol. The number of H-pyrrole nitrogens is 1. The molecule has 0 fully saturated rings. The molecule has 22 heavy (non-hydrogen) atoms. The highest BCUT2D eigenvalue weighted by atomic mass is 19.1. The van der Waals surface area contributed by atoms with Crippen LogP contribution in [-0.2, 0) is 6.42 Å². The molecule has 2 rings (SSSR count). The van der Waals surface area contributed by atoms with E-state index in [1.165, 1.54) is 12.1 Å². The third kappa shape index (κ3) is 3.62. The van der Waals surface area contributed by atoms with Crippen LogP contribution in [0.15, 0.2) is 16.9 Å². The normalized spacial score (nSPS) is 11.3. The molecule has 2 N–H and O–H groups in total. The minimum Gasteiger partial charge on any atom is -0.387 e. The zero-order valence-electron chi connectivity index (χ0n) is 13.4. The van der Waals surface area contributed by atoms with Crippen LogP contribution in [-0.4, -0.2) is 42.3 Å². The van der Waals surface area contributed by atoms with E-state index in [-0.39, 0.29) is 5.56 Å². The molecule has 0 aliphatic heterocycles. The zero-order valence-corrected chi connectivity index (χ0v) is 13.4. The molecule has 6 heteroatoms. The summed E-state index contributed by atoms with van der Waals surface area (Å²) in [5.74, 6) is -0.429. The molecule has 0 radical (unpaired) electrons. The van der Waals surface area contributed by atoms with Crippen LogP contribution >= 0.6 is 0 Å². The van der Waals surface area contributed by atoms with E-state index in [0.717, 1.165) is 38.0 Å². The van der Waals surface area contributed by atoms with E-state index in [1.807, 2.05) is 0 Å². The number of nitrogens with one attached hydrogen (secondary N) is 2. The Morgan fingerprint density at radius 1 is 1.36 bits per heavy atom. The van der Waals surface area contributed by atoms with Crippen LogP contribution in [0.1, 0.15) is 25.5 Å². The van der Waals surface area contributed by atoms with E-state index >= 15 is 0 Å². The highest BCUT2D eigenvalue weighted by molar-refractivity contribution is 5.95. The fraction of sp³-hybridized carbons (Fsp3) is 0.500. The Morgan fingerprint density at radius 3 is 2.82 bits per heavy atom. The van der Waals surface area contributed by atoms with Crippen LogP contribution in [0.25, 0.3) is 10.8 Å². The molecule has 0 saturated carbocycles. The average molecular weight is 306 g/mol. The van der Waals surface area contributed by atoms with Crippen molar-refractivity contribution in [3.05, 3.63) is 34.0 Å². The number of hydrogen-bond acceptors (Lipinski definition) is 4. The first-order valence-electron chi connectivity index (χ1n) is 7.64. The first-order chi connectivity index (χ1) is 10.6. The highest BCUT2D eigenvalue weighted by Gasteiger charge is 2.12. The lowest BCUT2D eigenvalue weighted by Gasteiger charge is -2.15. The smallest absolute Gasteiger partial charge is 0.272 e. The minimum atomic E-state index is -0.429. The van der Waals surface area contributed by atoms with Crippen molar-refractivity contribution in [2.75, 3.05) is 32.5 Å². The second-order valence-electron chi connectivity index (χ2n) is 5.53. The second kappa shape index (κ2) is 7.35. The maximum absolute atomic E-state index is 13.6. The minimum absolute atomic E-state index is 0.344. The van der Waals surface area contributed by atoms with Crippen molar-refractivity contribution < 1.29 is 4.39 Å². The fourth-order valence-corrected chi connectivity index (χ4v) is 2.72. The van der Waals surface area contributed by atoms with Gasteiger partial charge in [-0.05, 0) is 51.5 Å². The van der Waals surface area contributed by atoms with Gasteiger partial charge in [-0.2, -0.15) is 5.10 Å². The molecule has 2 aromatic rings. The molecule has 0 spiro atoms. The van der Waals surface area contributed by atoms with Gasteiger partial charge in [-0.15, -0.1) is 0 Å². The zero-order chi connectivity index (χ0) is 16.1. The van der Waals surface area contributed by atoms with Gasteiger partial charge in [-0.3, -0.25) is 4.79 Å². The number of hydrogen-bond donors (Lipinski definition) is 2. The van der Waals surface area contributed by atoms with E-state index in [0.29, 0.717) is 16.5 Å². The summed E-state index contributed by atoms with van der Waals surface area (Å²) in [6, 6.07) is 2.67. The van der Waals surface area contributed by atoms with E-state index in [4.69, 9.17) is 0 Å². The lowest BCUT2D eigenvalue weighted by atomic mass is 10.1. The van der Waals surface area contributed by atoms with Crippen LogP contribution in [0, 0.1) is 5.82 Å². The van der Waals surface area contributed by atoms with Gasteiger partial charge < -0.3 is 10.2 Å². The molecule has 0 amide bonds. The fourth-order valence-electron chi connectivity index (χ4n) is 2.72. The van der Waals surface area contributed by atoms with E-state index in [2.05, 4.69) is 34.4 Å². The molecule has 0 bridgehead atoms. The monoisotopic (exact) mass is 306 g/mol. The van der Waals surface area contributed by atoms with Crippen molar-refractivity contribution in [1.82, 2.24) is 15.1 Å². The molecule has 0 unspecified atom stereocenters. The molecule has 5 nitrogen and oxygen atoms in total. The Hall–Kier alpha value is -1.95. The van der Waals surface area contributed by atoms with Crippen LogP contribution in [0.2, 0.25) is 0 Å². The van der Waals surface area contributed by atoms with Gasteiger partial charge in [-0.25, -0.2) is 9.49 Å². The van der Waals surface area contributed by atoms with Gasteiger partial charge in [0.2, 0.25) is 0 Å². The summed E-state index contributed by atoms with van der Waals surface area (Å²) in [7, 11) is 3.81. The number of aryl methyl sites for hydroxylation is 1. The Balaban J connectivity index is 2.30. The predicted octanol–water partition coefficient (Wildman–Crippen LogP) is 2.38. The average Bonchev–Trinajstić information content (AvgIpc) is 2.49. The van der Waals surface area contributed by atoms with Gasteiger partial charge in [0.1, 0.15) is 5.82 Å². The Bertz CT molecular complexity index is 698. The summed E-state index contributed by atoms with van der Waals surface area (Å²) >= 11 is 0. The SMILES string of the molecule is CCCN(C)CCCc1n[nH]c(=O)c2cc(F)cc(NC)c12. The van der Waals surface area contributed by atoms with Crippen molar-refractivity contribution in [1.29, 1.82) is 0 Å². The lowest BCUT2D eigenvalue weighted by Crippen LogP contribution is -2.21. The number of benzene rings is 1. The molecular formula is C16H23FN4O. The number of aromatic nitrogens is 2. The number of fused-ring (bicyclic) bond motifs is 1. The van der Waals surface area contributed by atoms with Crippen LogP contribution < -0.4 is 10.9 Å². The van der Waals surface area contributed by atoms with E-state index in [1.54, 1.807) is 7.05 Å². The highest BCUT2D eigenvalue weighted by Crippen LogP contribution is 2.25. The summed E-state index contributed by atoms with van der Waals surface area (Å²) in [5, 5.41) is 10.7. The number of rotatable bonds is 7. The number of nitrogens with zero attached hydrogens (tertiary/aromatic N) is 2. The summed E-state index contributed by atoms with van der Waals surface area (Å²) in [6.07, 6.45) is 2.80.